The van der Waals surface area contributed by atoms with E-state index in [1.165, 1.54) is 64.3 Å². The molecule has 6 heterocycles. The molecule has 2 fully saturated rings. The molecule has 4 atom stereocenters. The highest BCUT2D eigenvalue weighted by Crippen LogP contribution is 2.38. The minimum atomic E-state index is -5.08. The molecule has 2 saturated heterocycles. The molecule has 3 N–H and O–H groups in total. The lowest BCUT2D eigenvalue weighted by atomic mass is 9.88. The van der Waals surface area contributed by atoms with Crippen molar-refractivity contribution in [1.29, 1.82) is 0 Å². The highest BCUT2D eigenvalue weighted by Gasteiger charge is 2.40. The van der Waals surface area contributed by atoms with Crippen molar-refractivity contribution in [1.82, 2.24) is 40.2 Å². The highest BCUT2D eigenvalue weighted by atomic mass is 35.5. The predicted octanol–water partition coefficient (Wildman–Crippen LogP) is 11.2. The number of piperazine rings is 2. The van der Waals surface area contributed by atoms with Crippen molar-refractivity contribution < 1.29 is 42.1 Å². The zero-order chi connectivity index (χ0) is 60.8. The van der Waals surface area contributed by atoms with Crippen molar-refractivity contribution in [3.05, 3.63) is 118 Å². The Morgan fingerprint density at radius 1 is 0.667 bits per heavy atom. The first-order chi connectivity index (χ1) is 40.0. The molecule has 0 saturated carbocycles. The van der Waals surface area contributed by atoms with Crippen molar-refractivity contribution in [2.24, 2.45) is 0 Å². The summed E-state index contributed by atoms with van der Waals surface area (Å²) in [6, 6.07) is 23.1. The first-order valence-electron chi connectivity index (χ1n) is 29.9. The third kappa shape index (κ3) is 18.1. The number of hydrogen-bond donors (Lipinski definition) is 3. The summed E-state index contributed by atoms with van der Waals surface area (Å²) in [4.78, 5) is 58.8. The smallest absolute Gasteiger partial charge is 0.475 e. The van der Waals surface area contributed by atoms with E-state index in [1.54, 1.807) is 10.5 Å². The van der Waals surface area contributed by atoms with Crippen LogP contribution in [0.4, 0.5) is 34.1 Å². The number of nitrogens with zero attached hydrogens (tertiary/aromatic N) is 8. The molecule has 21 heteroatoms. The predicted molar refractivity (Wildman–Crippen MR) is 326 cm³/mol. The van der Waals surface area contributed by atoms with Crippen LogP contribution in [-0.4, -0.2) is 166 Å². The minimum Gasteiger partial charge on any atom is -0.475 e. The van der Waals surface area contributed by atoms with Crippen LogP contribution in [0.1, 0.15) is 138 Å². The molecule has 0 bridgehead atoms. The zero-order valence-corrected chi connectivity index (χ0v) is 52.0. The molecule has 462 valence electrons. The Kier molecular flexibility index (Phi) is 23.8. The van der Waals surface area contributed by atoms with E-state index in [-0.39, 0.29) is 29.6 Å². The van der Waals surface area contributed by atoms with Crippen molar-refractivity contribution in [3.63, 3.8) is 0 Å². The number of likely N-dealkylation sites (N-methyl/N-ethyl adjacent to an activating group) is 2. The number of anilines is 2. The molecule has 2 amide bonds. The monoisotopic (exact) mass is 1210 g/mol. The van der Waals surface area contributed by atoms with Gasteiger partial charge in [-0.2, -0.15) is 13.2 Å². The maximum absolute atomic E-state index is 13.7. The molecule has 10 rings (SSSR count). The van der Waals surface area contributed by atoms with Crippen LogP contribution in [0, 0.1) is 0 Å². The van der Waals surface area contributed by atoms with Gasteiger partial charge < -0.3 is 39.9 Å². The van der Waals surface area contributed by atoms with Crippen molar-refractivity contribution in [2.45, 2.75) is 161 Å². The van der Waals surface area contributed by atoms with Crippen LogP contribution in [0.15, 0.2) is 73.1 Å². The maximum atomic E-state index is 13.7. The van der Waals surface area contributed by atoms with E-state index in [9.17, 15) is 22.8 Å². The van der Waals surface area contributed by atoms with Crippen LogP contribution >= 0.6 is 23.2 Å². The summed E-state index contributed by atoms with van der Waals surface area (Å²) in [5.74, 6) is -2.76. The van der Waals surface area contributed by atoms with Crippen LogP contribution in [0.25, 0.3) is 0 Å². The van der Waals surface area contributed by atoms with Gasteiger partial charge in [0.2, 0.25) is 0 Å². The zero-order valence-electron chi connectivity index (χ0n) is 50.5. The second kappa shape index (κ2) is 30.3. The van der Waals surface area contributed by atoms with E-state index in [4.69, 9.17) is 52.5 Å². The number of benzene rings is 2. The fourth-order valence-electron chi connectivity index (χ4n) is 12.4. The van der Waals surface area contributed by atoms with Crippen LogP contribution in [0.2, 0.25) is 0 Å². The van der Waals surface area contributed by atoms with E-state index < -0.39 is 23.3 Å². The lowest BCUT2D eigenvalue weighted by Crippen LogP contribution is -2.53. The Morgan fingerprint density at radius 2 is 1.14 bits per heavy atom. The minimum absolute atomic E-state index is 0.0457. The van der Waals surface area contributed by atoms with Crippen LogP contribution in [-0.2, 0) is 53.0 Å². The highest BCUT2D eigenvalue weighted by molar-refractivity contribution is 6.40. The fourth-order valence-corrected chi connectivity index (χ4v) is 12.4. The number of alkyl halides is 5. The van der Waals surface area contributed by atoms with Crippen molar-refractivity contribution in [2.75, 3.05) is 93.7 Å². The lowest BCUT2D eigenvalue weighted by Gasteiger charge is -2.44. The summed E-state index contributed by atoms with van der Waals surface area (Å²) in [6.07, 6.45) is 7.11. The van der Waals surface area contributed by atoms with Gasteiger partial charge in [-0.05, 0) is 164 Å². The summed E-state index contributed by atoms with van der Waals surface area (Å²) >= 11 is 9.53. The summed E-state index contributed by atoms with van der Waals surface area (Å²) in [5.41, 5.74) is 12.4. The van der Waals surface area contributed by atoms with Gasteiger partial charge in [0.15, 0.2) is 0 Å². The molecular weight excluding hydrogens is 1120 g/mol. The van der Waals surface area contributed by atoms with Gasteiger partial charge in [-0.15, -0.1) is 23.2 Å². The number of carbonyl (C=O) groups is 3. The number of hydrogen-bond acceptors (Lipinski definition) is 13. The molecule has 84 heavy (non-hydrogen) atoms. The SMILES string of the molecule is CCN(C[C@H]1Cc2c(cccc2N2CCN(C(=O)OC(C)(C)C)CC2)CN1C(=O)OC(C)(C)C)C1CCCc2cccnc21.CCN(C[C@H]1Cc2c(cccc2N2CCNCC2)CN1)C1CCCc2cccnc21.ClCCl.O=C(O)C(F)(F)F. The molecule has 2 aromatic heterocycles. The molecule has 2 unspecified atom stereocenters. The number of aryl methyl sites for hydroxylation is 2. The quantitative estimate of drug-likeness (QED) is 0.129. The largest absolute Gasteiger partial charge is 0.490 e. The number of ether oxygens (including phenoxy) is 2. The number of rotatable bonds is 10. The molecule has 0 radical (unpaired) electrons. The first kappa shape index (κ1) is 66.1. The number of aromatic nitrogens is 2. The van der Waals surface area contributed by atoms with Crippen LogP contribution < -0.4 is 20.4 Å². The van der Waals surface area contributed by atoms with Gasteiger partial charge in [0.1, 0.15) is 11.2 Å². The van der Waals surface area contributed by atoms with Gasteiger partial charge in [-0.3, -0.25) is 24.7 Å². The lowest BCUT2D eigenvalue weighted by molar-refractivity contribution is -0.192. The van der Waals surface area contributed by atoms with Gasteiger partial charge in [-0.1, -0.05) is 50.2 Å². The van der Waals surface area contributed by atoms with Gasteiger partial charge >= 0.3 is 24.3 Å². The van der Waals surface area contributed by atoms with Gasteiger partial charge in [0, 0.05) is 108 Å². The second-order valence-corrected chi connectivity index (χ2v) is 25.1. The molecule has 2 aliphatic carbocycles. The van der Waals surface area contributed by atoms with Crippen LogP contribution in [0.5, 0.6) is 0 Å². The average molecular weight is 1210 g/mol. The van der Waals surface area contributed by atoms with E-state index in [0.717, 1.165) is 110 Å². The summed E-state index contributed by atoms with van der Waals surface area (Å²) in [6.45, 7) is 28.4. The number of carbonyl (C=O) groups excluding carboxylic acids is 2. The third-order valence-corrected chi connectivity index (χ3v) is 16.3. The molecule has 4 aliphatic heterocycles. The number of carboxylic acids is 1. The number of carboxylic acid groups (broad SMARTS) is 1. The van der Waals surface area contributed by atoms with E-state index in [2.05, 4.69) is 98.7 Å². The number of fused-ring (bicyclic) bond motifs is 4. The number of amides is 2. The molecule has 2 aromatic carbocycles. The average Bonchev–Trinajstić information content (AvgIpc) is 2.16. The molecule has 4 aromatic rings. The molecule has 16 nitrogen and oxygen atoms in total. The summed E-state index contributed by atoms with van der Waals surface area (Å²) in [7, 11) is 0. The van der Waals surface area contributed by atoms with E-state index in [1.807, 2.05) is 64.9 Å². The van der Waals surface area contributed by atoms with E-state index >= 15 is 0 Å². The van der Waals surface area contributed by atoms with Gasteiger partial charge in [0.25, 0.3) is 0 Å². The number of halogens is 5. The van der Waals surface area contributed by atoms with E-state index in [0.29, 0.717) is 31.7 Å². The summed E-state index contributed by atoms with van der Waals surface area (Å²) in [5, 5.41) is 14.6. The first-order valence-corrected chi connectivity index (χ1v) is 31.0. The third-order valence-electron chi connectivity index (χ3n) is 16.3. The Labute approximate surface area is 505 Å². The Hall–Kier alpha value is -5.44. The fraction of sp³-hybridized carbons (Fsp3) is 0.603. The normalized spacial score (nSPS) is 20.5. The Bertz CT molecular complexity index is 2790. The number of pyridine rings is 2. The maximum Gasteiger partial charge on any atom is 0.490 e. The summed E-state index contributed by atoms with van der Waals surface area (Å²) < 4.78 is 43.3. The van der Waals surface area contributed by atoms with Gasteiger partial charge in [-0.25, -0.2) is 14.4 Å². The van der Waals surface area contributed by atoms with Crippen LogP contribution in [0.3, 0.4) is 0 Å². The molecular formula is C63H89Cl2F3N10O6. The van der Waals surface area contributed by atoms with Crippen molar-refractivity contribution in [3.8, 4) is 0 Å². The Morgan fingerprint density at radius 3 is 1.65 bits per heavy atom. The topological polar surface area (TPSA) is 159 Å². The second-order valence-electron chi connectivity index (χ2n) is 24.3. The molecule has 6 aliphatic rings. The number of nitrogens with one attached hydrogen (secondary N) is 2. The molecule has 0 spiro atoms. The standard InChI is InChI=1S/C35H51N5O4.C25H35N5.C2HF3O2.CH2Cl2/c1-8-37(30-16-9-12-25-14-11-17-36-31(25)30)24-27-22-28-26(23-40(27)33(42)44-35(5,6)7)13-10-15-29(28)38-18-20-39(21-19-38)32(41)43-34(2,3)4;1-2-29(24-10-3-6-19-8-5-11-27-25(19)24)18-21-16-22-20(17-28-21)7-4-9-23(22)30-14-12-26-13-15-30;3-2(4,5)1(6)7;2-1-3/h10-11,13-15,17,27,30H,8-9,12,16,18-24H2,1-7H3;4-5,7-9,11,21,24,26,28H,2-3,6,10,12-18H2,1H3;(H,6,7);1H2/t27-,30?;21-,24?;;/m11../s1. The Balaban J connectivity index is 0.000000217. The van der Waals surface area contributed by atoms with Gasteiger partial charge in [0.05, 0.1) is 34.9 Å². The number of aliphatic carboxylic acids is 1. The van der Waals surface area contributed by atoms with Crippen molar-refractivity contribution >= 4 is 52.7 Å².